The molecule has 0 fully saturated rings. The molecule has 34 heavy (non-hydrogen) atoms. The number of ether oxygens (including phenoxy) is 3. The van der Waals surface area contributed by atoms with Crippen LogP contribution in [-0.2, 0) is 13.0 Å². The Morgan fingerprint density at radius 3 is 2.74 bits per heavy atom. The number of rotatable bonds is 6. The number of benzene rings is 3. The lowest BCUT2D eigenvalue weighted by atomic mass is 9.94. The second-order valence-electron chi connectivity index (χ2n) is 9.46. The third-order valence-corrected chi connectivity index (χ3v) is 6.28. The molecule has 174 valence electrons. The van der Waals surface area contributed by atoms with Gasteiger partial charge < -0.3 is 19.9 Å². The fourth-order valence-corrected chi connectivity index (χ4v) is 4.47. The first-order valence-corrected chi connectivity index (χ1v) is 11.9. The monoisotopic (exact) mass is 453 g/mol. The lowest BCUT2D eigenvalue weighted by Crippen LogP contribution is -2.27. The highest BCUT2D eigenvalue weighted by Gasteiger charge is 2.27. The molecule has 0 amide bonds. The third kappa shape index (κ3) is 4.41. The zero-order chi connectivity index (χ0) is 23.7. The molecule has 3 aromatic carbocycles. The SMILES string of the molecule is CCCc1ccc(C2=Cc3ccc4c(c3OC2)C=CC(C)(C)O4)c(OCc2ccccc2N)c1. The average Bonchev–Trinajstić information content (AvgIpc) is 2.83. The van der Waals surface area contributed by atoms with Crippen LogP contribution >= 0.6 is 0 Å². The molecule has 4 heteroatoms. The minimum atomic E-state index is -0.314. The summed E-state index contributed by atoms with van der Waals surface area (Å²) in [5, 5.41) is 0. The van der Waals surface area contributed by atoms with Crippen molar-refractivity contribution in [3.63, 3.8) is 0 Å². The van der Waals surface area contributed by atoms with Gasteiger partial charge in [-0.05, 0) is 68.3 Å². The second kappa shape index (κ2) is 8.94. The summed E-state index contributed by atoms with van der Waals surface area (Å²) < 4.78 is 18.8. The van der Waals surface area contributed by atoms with Gasteiger partial charge in [-0.3, -0.25) is 0 Å². The Balaban J connectivity index is 1.49. The third-order valence-electron chi connectivity index (χ3n) is 6.28. The summed E-state index contributed by atoms with van der Waals surface area (Å²) in [5.74, 6) is 2.59. The largest absolute Gasteiger partial charge is 0.488 e. The lowest BCUT2D eigenvalue weighted by Gasteiger charge is -2.30. The zero-order valence-electron chi connectivity index (χ0n) is 20.1. The van der Waals surface area contributed by atoms with Crippen molar-refractivity contribution in [2.75, 3.05) is 12.3 Å². The zero-order valence-corrected chi connectivity index (χ0v) is 20.1. The van der Waals surface area contributed by atoms with Gasteiger partial charge in [-0.25, -0.2) is 0 Å². The van der Waals surface area contributed by atoms with Crippen LogP contribution in [0.25, 0.3) is 17.7 Å². The van der Waals surface area contributed by atoms with Crippen LogP contribution in [-0.4, -0.2) is 12.2 Å². The Labute approximate surface area is 201 Å². The Hall–Kier alpha value is -3.66. The quantitative estimate of drug-likeness (QED) is 0.412. The summed E-state index contributed by atoms with van der Waals surface area (Å²) in [6.07, 6.45) is 8.48. The van der Waals surface area contributed by atoms with Crippen molar-refractivity contribution in [1.82, 2.24) is 0 Å². The van der Waals surface area contributed by atoms with Crippen LogP contribution in [0.1, 0.15) is 55.0 Å². The number of aryl methyl sites for hydroxylation is 1. The second-order valence-corrected chi connectivity index (χ2v) is 9.46. The summed E-state index contributed by atoms with van der Waals surface area (Å²) in [7, 11) is 0. The molecule has 0 aromatic heterocycles. The van der Waals surface area contributed by atoms with E-state index in [-0.39, 0.29) is 5.60 Å². The maximum atomic E-state index is 6.34. The Kier molecular flexibility index (Phi) is 5.82. The van der Waals surface area contributed by atoms with Gasteiger partial charge >= 0.3 is 0 Å². The molecular formula is C30H31NO3. The number of nitrogens with two attached hydrogens (primary N) is 1. The molecule has 5 rings (SSSR count). The molecule has 0 bridgehead atoms. The molecule has 2 N–H and O–H groups in total. The van der Waals surface area contributed by atoms with E-state index in [0.717, 1.165) is 63.6 Å². The highest BCUT2D eigenvalue weighted by Crippen LogP contribution is 2.43. The molecule has 3 aromatic rings. The van der Waals surface area contributed by atoms with E-state index in [9.17, 15) is 0 Å². The van der Waals surface area contributed by atoms with Crippen molar-refractivity contribution in [2.24, 2.45) is 0 Å². The fourth-order valence-electron chi connectivity index (χ4n) is 4.47. The van der Waals surface area contributed by atoms with Gasteiger partial charge in [0.1, 0.15) is 36.1 Å². The molecule has 0 saturated heterocycles. The van der Waals surface area contributed by atoms with Crippen molar-refractivity contribution in [2.45, 2.75) is 45.8 Å². The molecule has 2 aliphatic heterocycles. The van der Waals surface area contributed by atoms with Crippen LogP contribution in [0.3, 0.4) is 0 Å². The summed E-state index contributed by atoms with van der Waals surface area (Å²) in [5.41, 5.74) is 13.0. The van der Waals surface area contributed by atoms with E-state index < -0.39 is 0 Å². The maximum Gasteiger partial charge on any atom is 0.137 e. The van der Waals surface area contributed by atoms with Crippen molar-refractivity contribution in [3.8, 4) is 17.2 Å². The molecule has 0 spiro atoms. The molecule has 0 radical (unpaired) electrons. The Morgan fingerprint density at radius 1 is 1.06 bits per heavy atom. The van der Waals surface area contributed by atoms with Crippen LogP contribution < -0.4 is 19.9 Å². The maximum absolute atomic E-state index is 6.34. The van der Waals surface area contributed by atoms with E-state index in [1.54, 1.807) is 0 Å². The van der Waals surface area contributed by atoms with Gasteiger partial charge in [-0.15, -0.1) is 0 Å². The van der Waals surface area contributed by atoms with Gasteiger partial charge in [0.25, 0.3) is 0 Å². The average molecular weight is 454 g/mol. The highest BCUT2D eigenvalue weighted by molar-refractivity contribution is 5.90. The number of hydrogen-bond donors (Lipinski definition) is 1. The first kappa shape index (κ1) is 22.1. The van der Waals surface area contributed by atoms with Gasteiger partial charge in [0.05, 0.1) is 5.56 Å². The number of para-hydroxylation sites is 1. The summed E-state index contributed by atoms with van der Waals surface area (Å²) in [4.78, 5) is 0. The predicted octanol–water partition coefficient (Wildman–Crippen LogP) is 6.92. The van der Waals surface area contributed by atoms with Crippen LogP contribution in [0.4, 0.5) is 5.69 Å². The predicted molar refractivity (Wildman–Crippen MR) is 139 cm³/mol. The van der Waals surface area contributed by atoms with Crippen LogP contribution in [0, 0.1) is 0 Å². The normalized spacial score (nSPS) is 15.4. The van der Waals surface area contributed by atoms with Crippen molar-refractivity contribution >= 4 is 23.4 Å². The highest BCUT2D eigenvalue weighted by atomic mass is 16.5. The van der Waals surface area contributed by atoms with E-state index in [4.69, 9.17) is 19.9 Å². The summed E-state index contributed by atoms with van der Waals surface area (Å²) in [6.45, 7) is 7.19. The summed E-state index contributed by atoms with van der Waals surface area (Å²) in [6, 6.07) is 18.4. The minimum absolute atomic E-state index is 0.314. The van der Waals surface area contributed by atoms with E-state index in [1.165, 1.54) is 5.56 Å². The molecule has 0 atom stereocenters. The molecule has 0 unspecified atom stereocenters. The van der Waals surface area contributed by atoms with Gasteiger partial charge in [0, 0.05) is 28.0 Å². The first-order valence-electron chi connectivity index (χ1n) is 11.9. The topological polar surface area (TPSA) is 53.7 Å². The van der Waals surface area contributed by atoms with E-state index in [0.29, 0.717) is 13.2 Å². The van der Waals surface area contributed by atoms with E-state index in [2.05, 4.69) is 63.3 Å². The molecule has 0 aliphatic carbocycles. The van der Waals surface area contributed by atoms with E-state index in [1.807, 2.05) is 30.3 Å². The molecule has 2 aliphatic rings. The Morgan fingerprint density at radius 2 is 1.91 bits per heavy atom. The van der Waals surface area contributed by atoms with Gasteiger partial charge in [0.2, 0.25) is 0 Å². The van der Waals surface area contributed by atoms with Crippen LogP contribution in [0.2, 0.25) is 0 Å². The van der Waals surface area contributed by atoms with Crippen molar-refractivity contribution in [1.29, 1.82) is 0 Å². The smallest absolute Gasteiger partial charge is 0.137 e. The lowest BCUT2D eigenvalue weighted by molar-refractivity contribution is 0.158. The van der Waals surface area contributed by atoms with E-state index >= 15 is 0 Å². The van der Waals surface area contributed by atoms with Gasteiger partial charge in [0.15, 0.2) is 0 Å². The van der Waals surface area contributed by atoms with Gasteiger partial charge in [-0.1, -0.05) is 43.7 Å². The minimum Gasteiger partial charge on any atom is -0.488 e. The molecule has 0 saturated carbocycles. The van der Waals surface area contributed by atoms with Crippen LogP contribution in [0.5, 0.6) is 17.2 Å². The number of hydrogen-bond acceptors (Lipinski definition) is 4. The molecular weight excluding hydrogens is 422 g/mol. The van der Waals surface area contributed by atoms with Crippen molar-refractivity contribution < 1.29 is 14.2 Å². The Bertz CT molecular complexity index is 1290. The first-order chi connectivity index (χ1) is 16.4. The fraction of sp³-hybridized carbons (Fsp3) is 0.267. The summed E-state index contributed by atoms with van der Waals surface area (Å²) >= 11 is 0. The number of nitrogen functional groups attached to an aromatic ring is 1. The number of fused-ring (bicyclic) bond motifs is 3. The van der Waals surface area contributed by atoms with Gasteiger partial charge in [-0.2, -0.15) is 0 Å². The standard InChI is InChI=1S/C30H31NO3/c1-4-7-20-10-12-24(28(16-20)32-18-22-8-5-6-9-26(22)31)23-17-21-11-13-27-25(29(21)33-19-23)14-15-30(2,3)34-27/h5-6,8-17H,4,7,18-19,31H2,1-3H3. The van der Waals surface area contributed by atoms with Crippen LogP contribution in [0.15, 0.2) is 60.7 Å². The molecule has 4 nitrogen and oxygen atoms in total. The van der Waals surface area contributed by atoms with Crippen molar-refractivity contribution in [3.05, 3.63) is 88.5 Å². The number of anilines is 1. The molecule has 2 heterocycles.